The molecule has 3 heteroatoms. The number of nitrogens with one attached hydrogen (secondary N) is 1. The third-order valence-corrected chi connectivity index (χ3v) is 3.11. The van der Waals surface area contributed by atoms with E-state index in [2.05, 4.69) is 29.1 Å². The van der Waals surface area contributed by atoms with Crippen molar-refractivity contribution in [3.8, 4) is 0 Å². The van der Waals surface area contributed by atoms with E-state index in [1.54, 1.807) is 12.4 Å². The van der Waals surface area contributed by atoms with Gasteiger partial charge in [-0.05, 0) is 24.7 Å². The van der Waals surface area contributed by atoms with Crippen molar-refractivity contribution in [1.82, 2.24) is 9.97 Å². The standard InChI is InChI=1S/C11H17N3/c1-8-10(13-5-4-12-8)14-7-9-6-11(9,2)3/h4-5,9H,6-7H2,1-3H3,(H,13,14). The highest BCUT2D eigenvalue weighted by molar-refractivity contribution is 5.38. The third-order valence-electron chi connectivity index (χ3n) is 3.11. The summed E-state index contributed by atoms with van der Waals surface area (Å²) in [6.07, 6.45) is 4.77. The molecule has 0 aliphatic heterocycles. The van der Waals surface area contributed by atoms with Crippen LogP contribution in [-0.2, 0) is 0 Å². The Kier molecular flexibility index (Phi) is 2.17. The van der Waals surface area contributed by atoms with Crippen LogP contribution < -0.4 is 5.32 Å². The van der Waals surface area contributed by atoms with E-state index in [1.807, 2.05) is 6.92 Å². The summed E-state index contributed by atoms with van der Waals surface area (Å²) in [5.74, 6) is 1.72. The predicted molar refractivity (Wildman–Crippen MR) is 57.1 cm³/mol. The average Bonchev–Trinajstić information content (AvgIpc) is 2.73. The van der Waals surface area contributed by atoms with Crippen LogP contribution in [0.25, 0.3) is 0 Å². The molecule has 1 N–H and O–H groups in total. The summed E-state index contributed by atoms with van der Waals surface area (Å²) in [5.41, 5.74) is 1.51. The van der Waals surface area contributed by atoms with Gasteiger partial charge in [-0.2, -0.15) is 0 Å². The summed E-state index contributed by atoms with van der Waals surface area (Å²) in [6, 6.07) is 0. The zero-order chi connectivity index (χ0) is 10.2. The van der Waals surface area contributed by atoms with Crippen LogP contribution in [0, 0.1) is 18.3 Å². The van der Waals surface area contributed by atoms with Crippen molar-refractivity contribution in [3.05, 3.63) is 18.1 Å². The first kappa shape index (κ1) is 9.44. The molecule has 1 aliphatic carbocycles. The summed E-state index contributed by atoms with van der Waals surface area (Å²) in [5, 5.41) is 3.36. The van der Waals surface area contributed by atoms with Crippen LogP contribution >= 0.6 is 0 Å². The lowest BCUT2D eigenvalue weighted by molar-refractivity contribution is 0.572. The molecule has 0 aromatic carbocycles. The number of hydrogen-bond acceptors (Lipinski definition) is 3. The van der Waals surface area contributed by atoms with Crippen molar-refractivity contribution < 1.29 is 0 Å². The van der Waals surface area contributed by atoms with Gasteiger partial charge in [0.1, 0.15) is 5.82 Å². The number of aryl methyl sites for hydroxylation is 1. The van der Waals surface area contributed by atoms with Gasteiger partial charge in [-0.3, -0.25) is 4.98 Å². The summed E-state index contributed by atoms with van der Waals surface area (Å²) in [6.45, 7) is 7.62. The number of rotatable bonds is 3. The van der Waals surface area contributed by atoms with Gasteiger partial charge in [0, 0.05) is 18.9 Å². The first-order valence-corrected chi connectivity index (χ1v) is 5.11. The van der Waals surface area contributed by atoms with Gasteiger partial charge < -0.3 is 5.32 Å². The predicted octanol–water partition coefficient (Wildman–Crippen LogP) is 2.24. The van der Waals surface area contributed by atoms with Crippen LogP contribution in [0.15, 0.2) is 12.4 Å². The maximum atomic E-state index is 4.25. The summed E-state index contributed by atoms with van der Waals surface area (Å²) < 4.78 is 0. The molecule has 0 spiro atoms. The average molecular weight is 191 g/mol. The highest BCUT2D eigenvalue weighted by Crippen LogP contribution is 2.51. The SMILES string of the molecule is Cc1nccnc1NCC1CC1(C)C. The highest BCUT2D eigenvalue weighted by Gasteiger charge is 2.44. The number of hydrogen-bond donors (Lipinski definition) is 1. The molecular formula is C11H17N3. The third kappa shape index (κ3) is 1.86. The number of nitrogens with zero attached hydrogens (tertiary/aromatic N) is 2. The molecule has 1 unspecified atom stereocenters. The van der Waals surface area contributed by atoms with Crippen molar-refractivity contribution in [1.29, 1.82) is 0 Å². The molecule has 1 heterocycles. The van der Waals surface area contributed by atoms with Crippen LogP contribution in [0.5, 0.6) is 0 Å². The van der Waals surface area contributed by atoms with E-state index in [0.29, 0.717) is 5.41 Å². The molecule has 0 amide bonds. The first-order chi connectivity index (χ1) is 6.59. The number of anilines is 1. The summed E-state index contributed by atoms with van der Waals surface area (Å²) >= 11 is 0. The van der Waals surface area contributed by atoms with Crippen molar-refractivity contribution in [2.45, 2.75) is 27.2 Å². The van der Waals surface area contributed by atoms with E-state index in [-0.39, 0.29) is 0 Å². The zero-order valence-electron chi connectivity index (χ0n) is 9.04. The Morgan fingerprint density at radius 3 is 2.64 bits per heavy atom. The fourth-order valence-electron chi connectivity index (χ4n) is 1.73. The number of aromatic nitrogens is 2. The fourth-order valence-corrected chi connectivity index (χ4v) is 1.73. The molecule has 1 aromatic rings. The van der Waals surface area contributed by atoms with Gasteiger partial charge >= 0.3 is 0 Å². The second-order valence-electron chi connectivity index (χ2n) is 4.76. The van der Waals surface area contributed by atoms with Gasteiger partial charge in [-0.15, -0.1) is 0 Å². The summed E-state index contributed by atoms with van der Waals surface area (Å²) in [4.78, 5) is 8.44. The maximum Gasteiger partial charge on any atom is 0.147 e. The van der Waals surface area contributed by atoms with Crippen molar-refractivity contribution in [3.63, 3.8) is 0 Å². The van der Waals surface area contributed by atoms with Gasteiger partial charge in [-0.25, -0.2) is 4.98 Å². The minimum Gasteiger partial charge on any atom is -0.368 e. The van der Waals surface area contributed by atoms with Gasteiger partial charge in [0.15, 0.2) is 0 Å². The van der Waals surface area contributed by atoms with Crippen molar-refractivity contribution in [2.24, 2.45) is 11.3 Å². The van der Waals surface area contributed by atoms with E-state index < -0.39 is 0 Å². The molecule has 0 bridgehead atoms. The van der Waals surface area contributed by atoms with Gasteiger partial charge in [-0.1, -0.05) is 13.8 Å². The second-order valence-corrected chi connectivity index (χ2v) is 4.76. The van der Waals surface area contributed by atoms with Crippen LogP contribution in [0.3, 0.4) is 0 Å². The Morgan fingerprint density at radius 2 is 2.07 bits per heavy atom. The molecule has 3 nitrogen and oxygen atoms in total. The minimum absolute atomic E-state index is 0.531. The van der Waals surface area contributed by atoms with E-state index in [4.69, 9.17) is 0 Å². The molecule has 0 radical (unpaired) electrons. The molecule has 0 saturated heterocycles. The van der Waals surface area contributed by atoms with Crippen molar-refractivity contribution >= 4 is 5.82 Å². The Labute approximate surface area is 85.0 Å². The molecule has 14 heavy (non-hydrogen) atoms. The Morgan fingerprint density at radius 1 is 1.43 bits per heavy atom. The molecule has 1 fully saturated rings. The second kappa shape index (κ2) is 3.23. The quantitative estimate of drug-likeness (QED) is 0.796. The minimum atomic E-state index is 0.531. The topological polar surface area (TPSA) is 37.8 Å². The molecule has 1 aromatic heterocycles. The van der Waals surface area contributed by atoms with Crippen LogP contribution in [0.4, 0.5) is 5.82 Å². The smallest absolute Gasteiger partial charge is 0.147 e. The lowest BCUT2D eigenvalue weighted by Crippen LogP contribution is -2.09. The summed E-state index contributed by atoms with van der Waals surface area (Å²) in [7, 11) is 0. The van der Waals surface area contributed by atoms with Crippen LogP contribution in [-0.4, -0.2) is 16.5 Å². The van der Waals surface area contributed by atoms with E-state index in [1.165, 1.54) is 6.42 Å². The zero-order valence-corrected chi connectivity index (χ0v) is 9.04. The van der Waals surface area contributed by atoms with Gasteiger partial charge in [0.25, 0.3) is 0 Å². The molecule has 2 rings (SSSR count). The lowest BCUT2D eigenvalue weighted by atomic mass is 10.1. The normalized spacial score (nSPS) is 23.2. The van der Waals surface area contributed by atoms with Crippen LogP contribution in [0.2, 0.25) is 0 Å². The molecule has 76 valence electrons. The van der Waals surface area contributed by atoms with Gasteiger partial charge in [0.05, 0.1) is 5.69 Å². The van der Waals surface area contributed by atoms with Gasteiger partial charge in [0.2, 0.25) is 0 Å². The Balaban J connectivity index is 1.90. The molecule has 1 saturated carbocycles. The lowest BCUT2D eigenvalue weighted by Gasteiger charge is -2.07. The monoisotopic (exact) mass is 191 g/mol. The Hall–Kier alpha value is -1.12. The molecular weight excluding hydrogens is 174 g/mol. The molecule has 1 atom stereocenters. The van der Waals surface area contributed by atoms with E-state index in [9.17, 15) is 0 Å². The highest BCUT2D eigenvalue weighted by atomic mass is 15.0. The largest absolute Gasteiger partial charge is 0.368 e. The fraction of sp³-hybridized carbons (Fsp3) is 0.636. The van der Waals surface area contributed by atoms with Crippen LogP contribution in [0.1, 0.15) is 26.0 Å². The Bertz CT molecular complexity index is 333. The molecule has 1 aliphatic rings. The van der Waals surface area contributed by atoms with E-state index in [0.717, 1.165) is 24.0 Å². The maximum absolute atomic E-state index is 4.25. The first-order valence-electron chi connectivity index (χ1n) is 5.11. The van der Waals surface area contributed by atoms with Crippen molar-refractivity contribution in [2.75, 3.05) is 11.9 Å². The van der Waals surface area contributed by atoms with E-state index >= 15 is 0 Å².